The molecule has 5 heteroatoms. The zero-order valence-electron chi connectivity index (χ0n) is 13.5. The van der Waals surface area contributed by atoms with Gasteiger partial charge < -0.3 is 15.5 Å². The molecule has 124 valence electrons. The standard InChI is InChI=1S/C18H25N3O2/c22-17(15-6-2-1-3-7-15)19-11-12-20-18(23)21-13-5-9-14-8-4-10-16(14)21/h1-3,6-7,14,16H,4-5,8-13H2,(H,19,22)(H,20,23)/t14-,16-/m0/s1. The summed E-state index contributed by atoms with van der Waals surface area (Å²) in [4.78, 5) is 26.3. The molecule has 3 rings (SSSR count). The third kappa shape index (κ3) is 3.84. The number of hydrogen-bond acceptors (Lipinski definition) is 2. The number of piperidine rings is 1. The number of carbonyl (C=O) groups excluding carboxylic acids is 2. The number of fused-ring (bicyclic) bond motifs is 1. The van der Waals surface area contributed by atoms with Crippen molar-refractivity contribution in [3.05, 3.63) is 35.9 Å². The minimum atomic E-state index is -0.103. The molecule has 3 amide bonds. The Morgan fingerprint density at radius 1 is 1.00 bits per heavy atom. The third-order valence-electron chi connectivity index (χ3n) is 4.98. The van der Waals surface area contributed by atoms with Crippen LogP contribution >= 0.6 is 0 Å². The average molecular weight is 315 g/mol. The van der Waals surface area contributed by atoms with Crippen molar-refractivity contribution in [3.8, 4) is 0 Å². The lowest BCUT2D eigenvalue weighted by Crippen LogP contribution is -2.51. The number of carbonyl (C=O) groups is 2. The maximum Gasteiger partial charge on any atom is 0.317 e. The van der Waals surface area contributed by atoms with Crippen LogP contribution in [0.15, 0.2) is 30.3 Å². The van der Waals surface area contributed by atoms with Crippen molar-refractivity contribution in [1.82, 2.24) is 15.5 Å². The van der Waals surface area contributed by atoms with Gasteiger partial charge in [-0.05, 0) is 43.7 Å². The zero-order valence-corrected chi connectivity index (χ0v) is 13.5. The lowest BCUT2D eigenvalue weighted by Gasteiger charge is -2.37. The van der Waals surface area contributed by atoms with Crippen LogP contribution < -0.4 is 10.6 Å². The van der Waals surface area contributed by atoms with Crippen LogP contribution in [0.4, 0.5) is 4.79 Å². The van der Waals surface area contributed by atoms with Crippen LogP contribution in [-0.4, -0.2) is 42.5 Å². The quantitative estimate of drug-likeness (QED) is 0.838. The van der Waals surface area contributed by atoms with Gasteiger partial charge in [-0.2, -0.15) is 0 Å². The number of benzene rings is 1. The molecule has 23 heavy (non-hydrogen) atoms. The minimum Gasteiger partial charge on any atom is -0.350 e. The molecule has 2 atom stereocenters. The summed E-state index contributed by atoms with van der Waals surface area (Å²) >= 11 is 0. The number of nitrogens with zero attached hydrogens (tertiary/aromatic N) is 1. The van der Waals surface area contributed by atoms with Crippen LogP contribution in [0.5, 0.6) is 0 Å². The molecule has 1 aromatic rings. The van der Waals surface area contributed by atoms with E-state index in [1.807, 2.05) is 23.1 Å². The summed E-state index contributed by atoms with van der Waals surface area (Å²) in [5.74, 6) is 0.598. The van der Waals surface area contributed by atoms with Crippen molar-refractivity contribution in [2.45, 2.75) is 38.1 Å². The van der Waals surface area contributed by atoms with E-state index in [1.165, 1.54) is 19.3 Å². The Morgan fingerprint density at radius 2 is 1.74 bits per heavy atom. The monoisotopic (exact) mass is 315 g/mol. The largest absolute Gasteiger partial charge is 0.350 e. The highest BCUT2D eigenvalue weighted by atomic mass is 16.2. The molecule has 1 aromatic carbocycles. The molecule has 0 radical (unpaired) electrons. The van der Waals surface area contributed by atoms with Gasteiger partial charge in [0.15, 0.2) is 0 Å². The van der Waals surface area contributed by atoms with Crippen LogP contribution in [0.25, 0.3) is 0 Å². The molecule has 1 heterocycles. The van der Waals surface area contributed by atoms with Crippen LogP contribution in [-0.2, 0) is 0 Å². The molecule has 1 aliphatic carbocycles. The molecule has 2 aliphatic rings. The molecule has 0 unspecified atom stereocenters. The summed E-state index contributed by atoms with van der Waals surface area (Å²) in [6, 6.07) is 9.57. The van der Waals surface area contributed by atoms with Gasteiger partial charge in [-0.25, -0.2) is 4.79 Å². The second-order valence-electron chi connectivity index (χ2n) is 6.45. The molecule has 2 N–H and O–H groups in total. The van der Waals surface area contributed by atoms with E-state index in [2.05, 4.69) is 10.6 Å². The Labute approximate surface area is 137 Å². The number of amides is 3. The van der Waals surface area contributed by atoms with Gasteiger partial charge in [0.2, 0.25) is 0 Å². The van der Waals surface area contributed by atoms with Crippen LogP contribution in [0.1, 0.15) is 42.5 Å². The highest BCUT2D eigenvalue weighted by Crippen LogP contribution is 2.36. The van der Waals surface area contributed by atoms with Gasteiger partial charge >= 0.3 is 6.03 Å². The SMILES string of the molecule is O=C(NCCNC(=O)N1CCC[C@@H]2CCC[C@@H]21)c1ccccc1. The van der Waals surface area contributed by atoms with E-state index in [0.29, 0.717) is 30.6 Å². The number of hydrogen-bond donors (Lipinski definition) is 2. The van der Waals surface area contributed by atoms with Crippen molar-refractivity contribution in [1.29, 1.82) is 0 Å². The molecule has 0 spiro atoms. The molecule has 1 saturated heterocycles. The predicted octanol–water partition coefficient (Wildman–Crippen LogP) is 2.39. The number of urea groups is 1. The summed E-state index contributed by atoms with van der Waals surface area (Å²) < 4.78 is 0. The first-order valence-corrected chi connectivity index (χ1v) is 8.63. The molecule has 0 bridgehead atoms. The fourth-order valence-electron chi connectivity index (χ4n) is 3.84. The first-order chi connectivity index (χ1) is 11.3. The van der Waals surface area contributed by atoms with Crippen LogP contribution in [0, 0.1) is 5.92 Å². The highest BCUT2D eigenvalue weighted by molar-refractivity contribution is 5.94. The first-order valence-electron chi connectivity index (χ1n) is 8.63. The Hall–Kier alpha value is -2.04. The maximum absolute atomic E-state index is 12.4. The van der Waals surface area contributed by atoms with E-state index in [-0.39, 0.29) is 11.9 Å². The smallest absolute Gasteiger partial charge is 0.317 e. The van der Waals surface area contributed by atoms with Gasteiger partial charge in [-0.1, -0.05) is 24.6 Å². The summed E-state index contributed by atoms with van der Waals surface area (Å²) in [7, 11) is 0. The van der Waals surface area contributed by atoms with Gasteiger partial charge in [0.05, 0.1) is 0 Å². The fourth-order valence-corrected chi connectivity index (χ4v) is 3.84. The Morgan fingerprint density at radius 3 is 2.57 bits per heavy atom. The average Bonchev–Trinajstić information content (AvgIpc) is 3.07. The number of likely N-dealkylation sites (tertiary alicyclic amines) is 1. The predicted molar refractivity (Wildman–Crippen MR) is 89.2 cm³/mol. The molecule has 1 saturated carbocycles. The van der Waals surface area contributed by atoms with E-state index in [9.17, 15) is 9.59 Å². The van der Waals surface area contributed by atoms with Crippen molar-refractivity contribution in [2.75, 3.05) is 19.6 Å². The molecule has 5 nitrogen and oxygen atoms in total. The van der Waals surface area contributed by atoms with Gasteiger partial charge in [-0.15, -0.1) is 0 Å². The van der Waals surface area contributed by atoms with Crippen molar-refractivity contribution >= 4 is 11.9 Å². The highest BCUT2D eigenvalue weighted by Gasteiger charge is 2.37. The second kappa shape index (κ2) is 7.49. The van der Waals surface area contributed by atoms with Crippen LogP contribution in [0.3, 0.4) is 0 Å². The summed E-state index contributed by atoms with van der Waals surface area (Å²) in [6.07, 6.45) is 6.03. The van der Waals surface area contributed by atoms with E-state index < -0.39 is 0 Å². The van der Waals surface area contributed by atoms with Gasteiger partial charge in [0.25, 0.3) is 5.91 Å². The van der Waals surface area contributed by atoms with Crippen LogP contribution in [0.2, 0.25) is 0 Å². The molecule has 1 aliphatic heterocycles. The first kappa shape index (κ1) is 15.8. The second-order valence-corrected chi connectivity index (χ2v) is 6.45. The lowest BCUT2D eigenvalue weighted by atomic mass is 9.92. The fraction of sp³-hybridized carbons (Fsp3) is 0.556. The summed E-state index contributed by atoms with van der Waals surface area (Å²) in [5, 5.41) is 5.78. The van der Waals surface area contributed by atoms with E-state index in [4.69, 9.17) is 0 Å². The molecular weight excluding hydrogens is 290 g/mol. The van der Waals surface area contributed by atoms with E-state index >= 15 is 0 Å². The number of nitrogens with one attached hydrogen (secondary N) is 2. The Kier molecular flexibility index (Phi) is 5.16. The molecular formula is C18H25N3O2. The third-order valence-corrected chi connectivity index (χ3v) is 4.98. The van der Waals surface area contributed by atoms with Gasteiger partial charge in [0, 0.05) is 31.2 Å². The lowest BCUT2D eigenvalue weighted by molar-refractivity contribution is 0.0952. The zero-order chi connectivity index (χ0) is 16.1. The Balaban J connectivity index is 1.40. The van der Waals surface area contributed by atoms with Crippen molar-refractivity contribution in [2.24, 2.45) is 5.92 Å². The van der Waals surface area contributed by atoms with Crippen molar-refractivity contribution in [3.63, 3.8) is 0 Å². The van der Waals surface area contributed by atoms with E-state index in [1.54, 1.807) is 12.1 Å². The normalized spacial score (nSPS) is 23.2. The Bertz CT molecular complexity index is 546. The number of rotatable bonds is 4. The summed E-state index contributed by atoms with van der Waals surface area (Å²) in [5.41, 5.74) is 0.642. The van der Waals surface area contributed by atoms with E-state index in [0.717, 1.165) is 19.4 Å². The summed E-state index contributed by atoms with van der Waals surface area (Å²) in [6.45, 7) is 1.77. The van der Waals surface area contributed by atoms with Gasteiger partial charge in [0.1, 0.15) is 0 Å². The topological polar surface area (TPSA) is 61.4 Å². The molecule has 0 aromatic heterocycles. The van der Waals surface area contributed by atoms with Crippen molar-refractivity contribution < 1.29 is 9.59 Å². The maximum atomic E-state index is 12.4. The minimum absolute atomic E-state index is 0.0237. The molecule has 2 fully saturated rings. The van der Waals surface area contributed by atoms with Gasteiger partial charge in [-0.3, -0.25) is 4.79 Å².